The highest BCUT2D eigenvalue weighted by molar-refractivity contribution is 9.10. The van der Waals surface area contributed by atoms with Gasteiger partial charge in [-0.05, 0) is 26.0 Å². The van der Waals surface area contributed by atoms with E-state index in [1.165, 1.54) is 0 Å². The van der Waals surface area contributed by atoms with Crippen LogP contribution in [0.2, 0.25) is 0 Å². The summed E-state index contributed by atoms with van der Waals surface area (Å²) >= 11 is 3.41. The van der Waals surface area contributed by atoms with Gasteiger partial charge in [-0.3, -0.25) is 4.79 Å². The van der Waals surface area contributed by atoms with Crippen molar-refractivity contribution in [1.82, 2.24) is 10.3 Å². The Morgan fingerprint density at radius 3 is 2.73 bits per heavy atom. The number of carbonyl (C=O) groups excluding carboxylic acids is 1. The molecule has 2 aromatic rings. The molecule has 1 atom stereocenters. The van der Waals surface area contributed by atoms with Gasteiger partial charge in [-0.2, -0.15) is 0 Å². The maximum absolute atomic E-state index is 11.7. The second kappa shape index (κ2) is 7.56. The Labute approximate surface area is 138 Å². The standard InChI is InChI=1S/C16H20BrN3O2/c1-10(9-18)19-14(21)7-8-15-20-11(2)16(22-15)12-3-5-13(17)6-4-12/h3-6,10H,7-9,18H2,1-2H3,(H,19,21)/t10-/m0/s1. The molecule has 0 radical (unpaired) electrons. The number of aryl methyl sites for hydroxylation is 2. The minimum Gasteiger partial charge on any atom is -0.440 e. The fraction of sp³-hybridized carbons (Fsp3) is 0.375. The summed E-state index contributed by atoms with van der Waals surface area (Å²) in [6.07, 6.45) is 0.810. The third kappa shape index (κ3) is 4.42. The van der Waals surface area contributed by atoms with E-state index in [9.17, 15) is 4.79 Å². The summed E-state index contributed by atoms with van der Waals surface area (Å²) in [4.78, 5) is 16.1. The zero-order valence-electron chi connectivity index (χ0n) is 12.7. The summed E-state index contributed by atoms with van der Waals surface area (Å²) in [5, 5.41) is 2.82. The van der Waals surface area contributed by atoms with Gasteiger partial charge in [-0.1, -0.05) is 28.1 Å². The Morgan fingerprint density at radius 1 is 1.41 bits per heavy atom. The number of aromatic nitrogens is 1. The zero-order chi connectivity index (χ0) is 16.1. The summed E-state index contributed by atoms with van der Waals surface area (Å²) in [6.45, 7) is 4.21. The van der Waals surface area contributed by atoms with Gasteiger partial charge in [-0.25, -0.2) is 4.98 Å². The number of halogens is 1. The molecule has 22 heavy (non-hydrogen) atoms. The van der Waals surface area contributed by atoms with Crippen LogP contribution in [0.5, 0.6) is 0 Å². The van der Waals surface area contributed by atoms with Crippen LogP contribution in [0.1, 0.15) is 24.9 Å². The van der Waals surface area contributed by atoms with Crippen LogP contribution in [0.15, 0.2) is 33.2 Å². The molecular formula is C16H20BrN3O2. The third-order valence-electron chi connectivity index (χ3n) is 3.27. The number of nitrogens with two attached hydrogens (primary N) is 1. The lowest BCUT2D eigenvalue weighted by Crippen LogP contribution is -2.37. The number of carbonyl (C=O) groups is 1. The van der Waals surface area contributed by atoms with Gasteiger partial charge in [0.15, 0.2) is 11.7 Å². The molecule has 1 aromatic heterocycles. The van der Waals surface area contributed by atoms with Crippen molar-refractivity contribution in [3.63, 3.8) is 0 Å². The van der Waals surface area contributed by atoms with Crippen LogP contribution < -0.4 is 11.1 Å². The molecule has 5 nitrogen and oxygen atoms in total. The summed E-state index contributed by atoms with van der Waals surface area (Å²) in [6, 6.07) is 7.84. The minimum absolute atomic E-state index is 0.0166. The molecule has 0 saturated carbocycles. The number of oxazole rings is 1. The number of rotatable bonds is 6. The predicted octanol–water partition coefficient (Wildman–Crippen LogP) is 2.81. The minimum atomic E-state index is -0.0426. The lowest BCUT2D eigenvalue weighted by molar-refractivity contribution is -0.121. The van der Waals surface area contributed by atoms with Gasteiger partial charge in [-0.15, -0.1) is 0 Å². The Kier molecular flexibility index (Phi) is 5.74. The Bertz CT molecular complexity index is 637. The van der Waals surface area contributed by atoms with E-state index in [1.807, 2.05) is 38.1 Å². The van der Waals surface area contributed by atoms with Gasteiger partial charge >= 0.3 is 0 Å². The van der Waals surface area contributed by atoms with Gasteiger partial charge in [0, 0.05) is 35.5 Å². The number of benzene rings is 1. The zero-order valence-corrected chi connectivity index (χ0v) is 14.3. The molecular weight excluding hydrogens is 346 g/mol. The maximum Gasteiger partial charge on any atom is 0.220 e. The van der Waals surface area contributed by atoms with Gasteiger partial charge in [0.25, 0.3) is 0 Å². The van der Waals surface area contributed by atoms with Crippen LogP contribution >= 0.6 is 15.9 Å². The smallest absolute Gasteiger partial charge is 0.220 e. The van der Waals surface area contributed by atoms with E-state index in [2.05, 4.69) is 26.2 Å². The van der Waals surface area contributed by atoms with Crippen molar-refractivity contribution in [1.29, 1.82) is 0 Å². The first-order valence-corrected chi connectivity index (χ1v) is 8.00. The predicted molar refractivity (Wildman–Crippen MR) is 89.4 cm³/mol. The van der Waals surface area contributed by atoms with Crippen molar-refractivity contribution in [3.05, 3.63) is 40.3 Å². The van der Waals surface area contributed by atoms with Gasteiger partial charge in [0.05, 0.1) is 5.69 Å². The van der Waals surface area contributed by atoms with Crippen molar-refractivity contribution in [2.75, 3.05) is 6.54 Å². The van der Waals surface area contributed by atoms with Crippen molar-refractivity contribution in [2.45, 2.75) is 32.7 Å². The lowest BCUT2D eigenvalue weighted by atomic mass is 10.1. The highest BCUT2D eigenvalue weighted by atomic mass is 79.9. The number of nitrogens with zero attached hydrogens (tertiary/aromatic N) is 1. The highest BCUT2D eigenvalue weighted by Gasteiger charge is 2.13. The molecule has 1 amide bonds. The molecule has 2 rings (SSSR count). The van der Waals surface area contributed by atoms with E-state index in [1.54, 1.807) is 0 Å². The highest BCUT2D eigenvalue weighted by Crippen LogP contribution is 2.26. The van der Waals surface area contributed by atoms with E-state index < -0.39 is 0 Å². The quantitative estimate of drug-likeness (QED) is 0.824. The molecule has 118 valence electrons. The molecule has 0 aliphatic heterocycles. The van der Waals surface area contributed by atoms with Crippen molar-refractivity contribution < 1.29 is 9.21 Å². The number of hydrogen-bond acceptors (Lipinski definition) is 4. The van der Waals surface area contributed by atoms with Crippen LogP contribution in [0.25, 0.3) is 11.3 Å². The first-order valence-electron chi connectivity index (χ1n) is 7.21. The third-order valence-corrected chi connectivity index (χ3v) is 3.80. The summed E-state index contributed by atoms with van der Waals surface area (Å²) in [5.41, 5.74) is 7.28. The van der Waals surface area contributed by atoms with Crippen molar-refractivity contribution in [3.8, 4) is 11.3 Å². The summed E-state index contributed by atoms with van der Waals surface area (Å²) < 4.78 is 6.80. The molecule has 0 aliphatic rings. The largest absolute Gasteiger partial charge is 0.440 e. The number of nitrogens with one attached hydrogen (secondary N) is 1. The summed E-state index contributed by atoms with van der Waals surface area (Å²) in [7, 11) is 0. The molecule has 0 spiro atoms. The Hall–Kier alpha value is -1.66. The molecule has 0 aliphatic carbocycles. The normalized spacial score (nSPS) is 12.2. The molecule has 0 bridgehead atoms. The molecule has 0 saturated heterocycles. The van der Waals surface area contributed by atoms with Gasteiger partial charge in [0.1, 0.15) is 0 Å². The second-order valence-corrected chi connectivity index (χ2v) is 6.15. The lowest BCUT2D eigenvalue weighted by Gasteiger charge is -2.10. The molecule has 6 heteroatoms. The topological polar surface area (TPSA) is 81.2 Å². The fourth-order valence-corrected chi connectivity index (χ4v) is 2.32. The Balaban J connectivity index is 2.01. The van der Waals surface area contributed by atoms with Crippen LogP contribution in [-0.4, -0.2) is 23.5 Å². The fourth-order valence-electron chi connectivity index (χ4n) is 2.05. The van der Waals surface area contributed by atoms with E-state index in [4.69, 9.17) is 10.2 Å². The SMILES string of the molecule is Cc1nc(CCC(=O)N[C@@H](C)CN)oc1-c1ccc(Br)cc1. The summed E-state index contributed by atoms with van der Waals surface area (Å²) in [5.74, 6) is 1.28. The molecule has 1 heterocycles. The first-order chi connectivity index (χ1) is 10.5. The van der Waals surface area contributed by atoms with Gasteiger partial charge in [0.2, 0.25) is 5.91 Å². The maximum atomic E-state index is 11.7. The van der Waals surface area contributed by atoms with Crippen molar-refractivity contribution >= 4 is 21.8 Å². The van der Waals surface area contributed by atoms with Crippen LogP contribution in [0.4, 0.5) is 0 Å². The molecule has 3 N–H and O–H groups in total. The Morgan fingerprint density at radius 2 is 2.09 bits per heavy atom. The first kappa shape index (κ1) is 16.7. The van der Waals surface area contributed by atoms with E-state index in [0.717, 1.165) is 21.5 Å². The molecule has 0 unspecified atom stereocenters. The van der Waals surface area contributed by atoms with Crippen LogP contribution in [0, 0.1) is 6.92 Å². The van der Waals surface area contributed by atoms with Crippen LogP contribution in [-0.2, 0) is 11.2 Å². The average molecular weight is 366 g/mol. The second-order valence-electron chi connectivity index (χ2n) is 5.23. The van der Waals surface area contributed by atoms with Gasteiger partial charge < -0.3 is 15.5 Å². The molecule has 1 aromatic carbocycles. The average Bonchev–Trinajstić information content (AvgIpc) is 2.87. The van der Waals surface area contributed by atoms with E-state index in [-0.39, 0.29) is 11.9 Å². The number of amides is 1. The number of hydrogen-bond donors (Lipinski definition) is 2. The van der Waals surface area contributed by atoms with Crippen LogP contribution in [0.3, 0.4) is 0 Å². The van der Waals surface area contributed by atoms with E-state index >= 15 is 0 Å². The molecule has 0 fully saturated rings. The monoisotopic (exact) mass is 365 g/mol. The van der Waals surface area contributed by atoms with Crippen molar-refractivity contribution in [2.24, 2.45) is 5.73 Å². The van der Waals surface area contributed by atoms with E-state index in [0.29, 0.717) is 25.3 Å².